The molecule has 1 aliphatic heterocycles. The molecule has 0 radical (unpaired) electrons. The van der Waals surface area contributed by atoms with E-state index in [4.69, 9.17) is 4.99 Å². The summed E-state index contributed by atoms with van der Waals surface area (Å²) in [5, 5.41) is 11.6. The molecular formula is C22H35N7. The van der Waals surface area contributed by atoms with Crippen LogP contribution >= 0.6 is 0 Å². The number of aliphatic imine (C=N–C) groups is 1. The number of benzene rings is 1. The van der Waals surface area contributed by atoms with Gasteiger partial charge in [-0.3, -0.25) is 4.90 Å². The molecule has 1 saturated heterocycles. The Balaban J connectivity index is 1.71. The van der Waals surface area contributed by atoms with Crippen molar-refractivity contribution in [3.8, 4) is 5.69 Å². The molecule has 0 aliphatic carbocycles. The van der Waals surface area contributed by atoms with Crippen LogP contribution in [-0.4, -0.2) is 78.4 Å². The zero-order chi connectivity index (χ0) is 20.8. The van der Waals surface area contributed by atoms with Crippen LogP contribution < -0.4 is 10.6 Å². The normalized spacial score (nSPS) is 18.8. The third-order valence-electron chi connectivity index (χ3n) is 5.47. The molecule has 1 fully saturated rings. The molecule has 1 aromatic heterocycles. The molecule has 1 aromatic carbocycles. The zero-order valence-electron chi connectivity index (χ0n) is 18.4. The lowest BCUT2D eigenvalue weighted by molar-refractivity contribution is 0.116. The molecule has 0 saturated carbocycles. The Labute approximate surface area is 174 Å². The van der Waals surface area contributed by atoms with Gasteiger partial charge < -0.3 is 15.5 Å². The highest BCUT2D eigenvalue weighted by Gasteiger charge is 2.22. The topological polar surface area (TPSA) is 60.7 Å². The molecule has 1 aliphatic rings. The van der Waals surface area contributed by atoms with E-state index >= 15 is 0 Å². The molecule has 29 heavy (non-hydrogen) atoms. The maximum absolute atomic E-state index is 4.86. The molecule has 2 aromatic rings. The second-order valence-electron chi connectivity index (χ2n) is 7.94. The Morgan fingerprint density at radius 2 is 1.97 bits per heavy atom. The quantitative estimate of drug-likeness (QED) is 0.575. The van der Waals surface area contributed by atoms with E-state index in [-0.39, 0.29) is 0 Å². The minimum atomic E-state index is 0.486. The van der Waals surface area contributed by atoms with E-state index in [9.17, 15) is 0 Å². The average Bonchev–Trinajstić information content (AvgIpc) is 3.04. The van der Waals surface area contributed by atoms with Crippen LogP contribution in [0.5, 0.6) is 0 Å². The first-order chi connectivity index (χ1) is 14.0. The lowest BCUT2D eigenvalue weighted by Crippen LogP contribution is -2.55. The van der Waals surface area contributed by atoms with E-state index in [1.54, 1.807) is 0 Å². The van der Waals surface area contributed by atoms with Gasteiger partial charge in [0.2, 0.25) is 0 Å². The smallest absolute Gasteiger partial charge is 0.191 e. The number of likely N-dealkylation sites (N-methyl/N-ethyl adjacent to an activating group) is 2. The second kappa shape index (κ2) is 9.89. The van der Waals surface area contributed by atoms with Crippen molar-refractivity contribution < 1.29 is 0 Å². The van der Waals surface area contributed by atoms with Crippen LogP contribution in [0.15, 0.2) is 35.3 Å². The standard InChI is InChI=1S/C22H35N7/c1-6-23-22(25-15-20-16-27(4)11-12-28(20)5)24-14-19-9-7-8-10-21(19)29-18(3)13-17(2)26-29/h7-10,13,20H,6,11-12,14-16H2,1-5H3,(H2,23,24,25). The van der Waals surface area contributed by atoms with Crippen LogP contribution in [0.4, 0.5) is 0 Å². The van der Waals surface area contributed by atoms with Crippen LogP contribution in [0.2, 0.25) is 0 Å². The van der Waals surface area contributed by atoms with Crippen LogP contribution in [0, 0.1) is 13.8 Å². The third-order valence-corrected chi connectivity index (χ3v) is 5.47. The molecule has 0 bridgehead atoms. The van der Waals surface area contributed by atoms with Gasteiger partial charge in [0, 0.05) is 44.5 Å². The lowest BCUT2D eigenvalue weighted by atomic mass is 10.1. The highest BCUT2D eigenvalue weighted by molar-refractivity contribution is 5.79. The first kappa shape index (κ1) is 21.3. The number of hydrogen-bond acceptors (Lipinski definition) is 4. The van der Waals surface area contributed by atoms with E-state index in [0.29, 0.717) is 12.6 Å². The van der Waals surface area contributed by atoms with E-state index in [1.807, 2.05) is 11.6 Å². The fourth-order valence-corrected chi connectivity index (χ4v) is 3.77. The Kier molecular flexibility index (Phi) is 7.28. The zero-order valence-corrected chi connectivity index (χ0v) is 18.4. The average molecular weight is 398 g/mol. The summed E-state index contributed by atoms with van der Waals surface area (Å²) in [5.74, 6) is 0.859. The van der Waals surface area contributed by atoms with Crippen molar-refractivity contribution in [3.05, 3.63) is 47.3 Å². The molecular weight excluding hydrogens is 362 g/mol. The molecule has 7 nitrogen and oxygen atoms in total. The van der Waals surface area contributed by atoms with Gasteiger partial charge in [-0.1, -0.05) is 18.2 Å². The Hall–Kier alpha value is -2.38. The molecule has 2 N–H and O–H groups in total. The number of aryl methyl sites for hydroxylation is 2. The van der Waals surface area contributed by atoms with Gasteiger partial charge in [-0.15, -0.1) is 0 Å². The van der Waals surface area contributed by atoms with Crippen LogP contribution in [0.3, 0.4) is 0 Å². The Bertz CT molecular complexity index is 826. The van der Waals surface area contributed by atoms with Crippen LogP contribution in [-0.2, 0) is 6.54 Å². The summed E-state index contributed by atoms with van der Waals surface area (Å²) in [5.41, 5.74) is 4.41. The minimum Gasteiger partial charge on any atom is -0.357 e. The molecule has 158 valence electrons. The first-order valence-electron chi connectivity index (χ1n) is 10.5. The molecule has 2 heterocycles. The van der Waals surface area contributed by atoms with E-state index < -0.39 is 0 Å². The molecule has 1 atom stereocenters. The number of nitrogens with one attached hydrogen (secondary N) is 2. The Morgan fingerprint density at radius 3 is 2.69 bits per heavy atom. The largest absolute Gasteiger partial charge is 0.357 e. The van der Waals surface area contributed by atoms with E-state index in [1.165, 1.54) is 0 Å². The summed E-state index contributed by atoms with van der Waals surface area (Å²) < 4.78 is 2.01. The second-order valence-corrected chi connectivity index (χ2v) is 7.94. The number of rotatable bonds is 6. The molecule has 0 amide bonds. The fourth-order valence-electron chi connectivity index (χ4n) is 3.77. The molecule has 1 unspecified atom stereocenters. The van der Waals surface area contributed by atoms with E-state index in [2.05, 4.69) is 83.8 Å². The molecule has 0 spiro atoms. The van der Waals surface area contributed by atoms with Gasteiger partial charge in [0.25, 0.3) is 0 Å². The first-order valence-corrected chi connectivity index (χ1v) is 10.5. The van der Waals surface area contributed by atoms with Crippen LogP contribution in [0.25, 0.3) is 5.69 Å². The number of nitrogens with zero attached hydrogens (tertiary/aromatic N) is 5. The highest BCUT2D eigenvalue weighted by Crippen LogP contribution is 2.17. The number of piperazine rings is 1. The summed E-state index contributed by atoms with van der Waals surface area (Å²) in [6.45, 7) is 11.8. The molecule has 7 heteroatoms. The maximum atomic E-state index is 4.86. The van der Waals surface area contributed by atoms with Gasteiger partial charge in [0.1, 0.15) is 0 Å². The van der Waals surface area contributed by atoms with Gasteiger partial charge in [-0.2, -0.15) is 5.10 Å². The van der Waals surface area contributed by atoms with Crippen molar-refractivity contribution in [2.24, 2.45) is 4.99 Å². The van der Waals surface area contributed by atoms with Crippen molar-refractivity contribution in [1.82, 2.24) is 30.2 Å². The van der Waals surface area contributed by atoms with Gasteiger partial charge in [-0.05, 0) is 52.6 Å². The van der Waals surface area contributed by atoms with Crippen molar-refractivity contribution in [1.29, 1.82) is 0 Å². The summed E-state index contributed by atoms with van der Waals surface area (Å²) in [6.07, 6.45) is 0. The summed E-state index contributed by atoms with van der Waals surface area (Å²) in [4.78, 5) is 9.67. The monoisotopic (exact) mass is 397 g/mol. The minimum absolute atomic E-state index is 0.486. The molecule has 3 rings (SSSR count). The third kappa shape index (κ3) is 5.58. The van der Waals surface area contributed by atoms with Crippen LogP contribution in [0.1, 0.15) is 23.9 Å². The highest BCUT2D eigenvalue weighted by atomic mass is 15.3. The number of aromatic nitrogens is 2. The summed E-state index contributed by atoms with van der Waals surface area (Å²) >= 11 is 0. The van der Waals surface area contributed by atoms with Gasteiger partial charge in [0.05, 0.1) is 17.9 Å². The SMILES string of the molecule is CCNC(=NCc1ccccc1-n1nc(C)cc1C)NCC1CN(C)CCN1C. The van der Waals surface area contributed by atoms with Gasteiger partial charge in [-0.25, -0.2) is 9.67 Å². The maximum Gasteiger partial charge on any atom is 0.191 e. The van der Waals surface area contributed by atoms with Crippen molar-refractivity contribution >= 4 is 5.96 Å². The summed E-state index contributed by atoms with van der Waals surface area (Å²) in [7, 11) is 4.39. The van der Waals surface area contributed by atoms with Gasteiger partial charge in [0.15, 0.2) is 5.96 Å². The van der Waals surface area contributed by atoms with Crippen molar-refractivity contribution in [2.45, 2.75) is 33.4 Å². The van der Waals surface area contributed by atoms with Crippen molar-refractivity contribution in [3.63, 3.8) is 0 Å². The number of hydrogen-bond donors (Lipinski definition) is 2. The predicted octanol–water partition coefficient (Wildman–Crippen LogP) is 1.79. The fraction of sp³-hybridized carbons (Fsp3) is 0.545. The lowest BCUT2D eigenvalue weighted by Gasteiger charge is -2.37. The van der Waals surface area contributed by atoms with E-state index in [0.717, 1.165) is 61.3 Å². The van der Waals surface area contributed by atoms with Gasteiger partial charge >= 0.3 is 0 Å². The Morgan fingerprint density at radius 1 is 1.17 bits per heavy atom. The number of guanidine groups is 1. The predicted molar refractivity (Wildman–Crippen MR) is 120 cm³/mol. The number of para-hydroxylation sites is 1. The van der Waals surface area contributed by atoms with Crippen molar-refractivity contribution in [2.75, 3.05) is 46.8 Å². The summed E-state index contributed by atoms with van der Waals surface area (Å²) in [6, 6.07) is 10.9.